The van der Waals surface area contributed by atoms with Crippen LogP contribution in [0.25, 0.3) is 22.8 Å². The van der Waals surface area contributed by atoms with Gasteiger partial charge in [-0.3, -0.25) is 0 Å². The Hall–Kier alpha value is -2.24. The quantitative estimate of drug-likeness (QED) is 0.680. The normalized spacial score (nSPS) is 10.6. The van der Waals surface area contributed by atoms with Crippen molar-refractivity contribution in [3.05, 3.63) is 46.4 Å². The van der Waals surface area contributed by atoms with Gasteiger partial charge < -0.3 is 14.0 Å². The van der Waals surface area contributed by atoms with Gasteiger partial charge in [0.25, 0.3) is 5.89 Å². The van der Waals surface area contributed by atoms with E-state index in [4.69, 9.17) is 37.2 Å². The molecule has 7 heteroatoms. The topological polar surface area (TPSA) is 57.4 Å². The van der Waals surface area contributed by atoms with Crippen LogP contribution in [0.15, 0.2) is 40.9 Å². The Balaban J connectivity index is 2.09. The van der Waals surface area contributed by atoms with E-state index in [1.807, 2.05) is 6.07 Å². The lowest BCUT2D eigenvalue weighted by Gasteiger charge is -2.09. The second kappa shape index (κ2) is 6.48. The zero-order chi connectivity index (χ0) is 16.4. The second-order valence-electron chi connectivity index (χ2n) is 4.58. The monoisotopic (exact) mass is 350 g/mol. The van der Waals surface area contributed by atoms with Crippen LogP contribution in [0.5, 0.6) is 11.5 Å². The van der Waals surface area contributed by atoms with Gasteiger partial charge in [0.05, 0.1) is 19.2 Å². The van der Waals surface area contributed by atoms with E-state index in [-0.39, 0.29) is 5.89 Å². The first kappa shape index (κ1) is 15.6. The molecule has 23 heavy (non-hydrogen) atoms. The minimum absolute atomic E-state index is 0.278. The molecule has 0 saturated carbocycles. The van der Waals surface area contributed by atoms with E-state index in [0.717, 1.165) is 0 Å². The maximum absolute atomic E-state index is 6.18. The molecule has 2 aromatic carbocycles. The van der Waals surface area contributed by atoms with E-state index in [1.54, 1.807) is 44.6 Å². The zero-order valence-corrected chi connectivity index (χ0v) is 13.9. The number of benzene rings is 2. The van der Waals surface area contributed by atoms with Crippen molar-refractivity contribution < 1.29 is 14.0 Å². The lowest BCUT2D eigenvalue weighted by Crippen LogP contribution is -1.93. The Labute approximate surface area is 142 Å². The average Bonchev–Trinajstić information content (AvgIpc) is 3.03. The summed E-state index contributed by atoms with van der Waals surface area (Å²) in [5.41, 5.74) is 1.21. The summed E-state index contributed by atoms with van der Waals surface area (Å²) >= 11 is 12.1. The molecule has 0 aliphatic rings. The summed E-state index contributed by atoms with van der Waals surface area (Å²) in [6.45, 7) is 0. The highest BCUT2D eigenvalue weighted by Gasteiger charge is 2.20. The van der Waals surface area contributed by atoms with Crippen molar-refractivity contribution in [2.45, 2.75) is 0 Å². The lowest BCUT2D eigenvalue weighted by molar-refractivity contribution is 0.386. The minimum Gasteiger partial charge on any atom is -0.496 e. The molecule has 3 aromatic rings. The van der Waals surface area contributed by atoms with Gasteiger partial charge in [-0.25, -0.2) is 0 Å². The molecule has 0 amide bonds. The average molecular weight is 351 g/mol. The van der Waals surface area contributed by atoms with Gasteiger partial charge >= 0.3 is 0 Å². The Bertz CT molecular complexity index is 827. The molecule has 1 heterocycles. The maximum Gasteiger partial charge on any atom is 0.265 e. The van der Waals surface area contributed by atoms with Crippen LogP contribution in [0.3, 0.4) is 0 Å². The fraction of sp³-hybridized carbons (Fsp3) is 0.125. The van der Waals surface area contributed by atoms with Crippen LogP contribution in [-0.2, 0) is 0 Å². The highest BCUT2D eigenvalue weighted by atomic mass is 35.5. The summed E-state index contributed by atoms with van der Waals surface area (Å²) in [4.78, 5) is 4.39. The molecule has 0 aliphatic carbocycles. The number of halogens is 2. The number of hydrogen-bond donors (Lipinski definition) is 0. The summed E-state index contributed by atoms with van der Waals surface area (Å²) in [6, 6.07) is 10.5. The van der Waals surface area contributed by atoms with Crippen molar-refractivity contribution in [1.82, 2.24) is 10.1 Å². The van der Waals surface area contributed by atoms with Crippen LogP contribution in [0.4, 0.5) is 0 Å². The smallest absolute Gasteiger partial charge is 0.265 e. The Kier molecular flexibility index (Phi) is 4.41. The molecular formula is C16H12Cl2N2O3. The first-order valence-electron chi connectivity index (χ1n) is 6.64. The van der Waals surface area contributed by atoms with Crippen molar-refractivity contribution in [2.24, 2.45) is 0 Å². The lowest BCUT2D eigenvalue weighted by atomic mass is 10.1. The summed E-state index contributed by atoms with van der Waals surface area (Å²) < 4.78 is 16.1. The van der Waals surface area contributed by atoms with Gasteiger partial charge in [0.1, 0.15) is 17.1 Å². The second-order valence-corrected chi connectivity index (χ2v) is 5.43. The molecule has 0 fully saturated rings. The molecule has 0 bridgehead atoms. The number of hydrogen-bond acceptors (Lipinski definition) is 5. The molecule has 0 atom stereocenters. The van der Waals surface area contributed by atoms with Crippen molar-refractivity contribution in [3.8, 4) is 34.3 Å². The third-order valence-electron chi connectivity index (χ3n) is 3.24. The van der Waals surface area contributed by atoms with Crippen molar-refractivity contribution in [2.75, 3.05) is 14.2 Å². The van der Waals surface area contributed by atoms with Gasteiger partial charge in [0.15, 0.2) is 0 Å². The van der Waals surface area contributed by atoms with Crippen LogP contribution in [0.1, 0.15) is 0 Å². The van der Waals surface area contributed by atoms with Crippen LogP contribution >= 0.6 is 23.2 Å². The summed E-state index contributed by atoms with van der Waals surface area (Å²) in [6.07, 6.45) is 0. The van der Waals surface area contributed by atoms with Gasteiger partial charge in [-0.15, -0.1) is 0 Å². The number of methoxy groups -OCH3 is 2. The molecule has 0 radical (unpaired) electrons. The highest BCUT2D eigenvalue weighted by Crippen LogP contribution is 2.38. The van der Waals surface area contributed by atoms with E-state index in [2.05, 4.69) is 10.1 Å². The van der Waals surface area contributed by atoms with Crippen LogP contribution in [-0.4, -0.2) is 24.4 Å². The van der Waals surface area contributed by atoms with Crippen molar-refractivity contribution in [1.29, 1.82) is 0 Å². The molecule has 0 aliphatic heterocycles. The van der Waals surface area contributed by atoms with Crippen molar-refractivity contribution in [3.63, 3.8) is 0 Å². The maximum atomic E-state index is 6.18. The van der Waals surface area contributed by atoms with Crippen LogP contribution in [0, 0.1) is 0 Å². The van der Waals surface area contributed by atoms with Crippen LogP contribution < -0.4 is 9.47 Å². The first-order chi connectivity index (χ1) is 11.1. The largest absolute Gasteiger partial charge is 0.496 e. The Morgan fingerprint density at radius 1 is 1.00 bits per heavy atom. The highest BCUT2D eigenvalue weighted by molar-refractivity contribution is 6.36. The Morgan fingerprint density at radius 3 is 2.30 bits per heavy atom. The molecule has 1 aromatic heterocycles. The van der Waals surface area contributed by atoms with Crippen molar-refractivity contribution >= 4 is 23.2 Å². The third-order valence-corrected chi connectivity index (χ3v) is 3.79. The summed E-state index contributed by atoms with van der Waals surface area (Å²) in [7, 11) is 3.12. The van der Waals surface area contributed by atoms with E-state index < -0.39 is 0 Å². The number of nitrogens with zero attached hydrogens (tertiary/aromatic N) is 2. The van der Waals surface area contributed by atoms with Gasteiger partial charge in [-0.05, 0) is 30.3 Å². The van der Waals surface area contributed by atoms with Crippen LogP contribution in [0.2, 0.25) is 10.0 Å². The van der Waals surface area contributed by atoms with E-state index in [9.17, 15) is 0 Å². The zero-order valence-electron chi connectivity index (χ0n) is 12.3. The SMILES string of the molecule is COc1cccc(OC)c1-c1nc(-c2ccc(Cl)cc2Cl)no1. The molecule has 0 N–H and O–H groups in total. The molecule has 118 valence electrons. The van der Waals surface area contributed by atoms with Gasteiger partial charge in [-0.1, -0.05) is 34.4 Å². The van der Waals surface area contributed by atoms with E-state index >= 15 is 0 Å². The molecule has 0 unspecified atom stereocenters. The van der Waals surface area contributed by atoms with Gasteiger partial charge in [-0.2, -0.15) is 4.98 Å². The standard InChI is InChI=1S/C16H12Cl2N2O3/c1-21-12-4-3-5-13(22-2)14(12)16-19-15(20-23-16)10-7-6-9(17)8-11(10)18/h3-8H,1-2H3. The summed E-state index contributed by atoms with van der Waals surface area (Å²) in [5, 5.41) is 4.96. The first-order valence-corrected chi connectivity index (χ1v) is 7.40. The molecular weight excluding hydrogens is 339 g/mol. The van der Waals surface area contributed by atoms with Gasteiger partial charge in [0.2, 0.25) is 5.82 Å². The summed E-state index contributed by atoms with van der Waals surface area (Å²) in [5.74, 6) is 1.78. The molecule has 3 rings (SSSR count). The number of aromatic nitrogens is 2. The number of ether oxygens (including phenoxy) is 2. The minimum atomic E-state index is 0.278. The van der Waals surface area contributed by atoms with E-state index in [0.29, 0.717) is 38.5 Å². The van der Waals surface area contributed by atoms with Gasteiger partial charge in [0, 0.05) is 10.6 Å². The fourth-order valence-corrected chi connectivity index (χ4v) is 2.66. The van der Waals surface area contributed by atoms with E-state index in [1.165, 1.54) is 0 Å². The Morgan fingerprint density at radius 2 is 1.70 bits per heavy atom. The fourth-order valence-electron chi connectivity index (χ4n) is 2.17. The predicted molar refractivity (Wildman–Crippen MR) is 88.3 cm³/mol. The molecule has 5 nitrogen and oxygen atoms in total. The molecule has 0 spiro atoms. The third kappa shape index (κ3) is 2.98. The molecule has 0 saturated heterocycles. The predicted octanol–water partition coefficient (Wildman–Crippen LogP) is 4.73. The number of rotatable bonds is 4.